The van der Waals surface area contributed by atoms with Crippen LogP contribution in [0.1, 0.15) is 25.1 Å². The fraction of sp³-hybridized carbons (Fsp3) is 0.667. The van der Waals surface area contributed by atoms with Crippen molar-refractivity contribution in [3.8, 4) is 0 Å². The minimum Gasteiger partial charge on any atom is -0.481 e. The summed E-state index contributed by atoms with van der Waals surface area (Å²) in [5.41, 5.74) is 0. The summed E-state index contributed by atoms with van der Waals surface area (Å²) < 4.78 is 6.81. The number of aliphatic carboxylic acids is 1. The molecule has 17 heavy (non-hydrogen) atoms. The van der Waals surface area contributed by atoms with Crippen LogP contribution in [0.3, 0.4) is 0 Å². The molecule has 2 heterocycles. The number of ether oxygens (including phenoxy) is 1. The van der Waals surface area contributed by atoms with Crippen LogP contribution in [0.2, 0.25) is 0 Å². The second kappa shape index (κ2) is 4.92. The second-order valence-electron chi connectivity index (χ2n) is 3.86. The van der Waals surface area contributed by atoms with E-state index in [1.807, 2.05) is 6.92 Å². The maximum absolute atomic E-state index is 10.5. The van der Waals surface area contributed by atoms with E-state index in [0.717, 1.165) is 18.2 Å². The van der Waals surface area contributed by atoms with Crippen LogP contribution in [0.4, 0.5) is 0 Å². The summed E-state index contributed by atoms with van der Waals surface area (Å²) in [6.45, 7) is 2.66. The minimum atomic E-state index is -0.905. The highest BCUT2D eigenvalue weighted by atomic mass is 32.2. The van der Waals surface area contributed by atoms with Crippen molar-refractivity contribution in [2.24, 2.45) is 0 Å². The Morgan fingerprint density at radius 3 is 3.06 bits per heavy atom. The Labute approximate surface area is 102 Å². The Bertz CT molecular complexity index is 422. The predicted octanol–water partition coefficient (Wildman–Crippen LogP) is 0.0610. The molecule has 1 aliphatic heterocycles. The SMILES string of the molecule is CC1OCCC1c1nnc(SCC(=O)O)n1N. The van der Waals surface area contributed by atoms with Crippen molar-refractivity contribution in [3.63, 3.8) is 0 Å². The van der Waals surface area contributed by atoms with Gasteiger partial charge < -0.3 is 15.7 Å². The normalized spacial score (nSPS) is 24.1. The molecule has 2 rings (SSSR count). The zero-order valence-electron chi connectivity index (χ0n) is 9.37. The molecule has 0 saturated carbocycles. The smallest absolute Gasteiger partial charge is 0.313 e. The van der Waals surface area contributed by atoms with Crippen LogP contribution in [0.5, 0.6) is 0 Å². The van der Waals surface area contributed by atoms with Crippen molar-refractivity contribution in [1.82, 2.24) is 14.9 Å². The van der Waals surface area contributed by atoms with E-state index in [-0.39, 0.29) is 17.8 Å². The van der Waals surface area contributed by atoms with Gasteiger partial charge >= 0.3 is 5.97 Å². The number of nitrogens with zero attached hydrogens (tertiary/aromatic N) is 3. The maximum Gasteiger partial charge on any atom is 0.313 e. The number of rotatable bonds is 4. The zero-order chi connectivity index (χ0) is 12.4. The standard InChI is InChI=1S/C9H14N4O3S/c1-5-6(2-3-16-5)8-11-12-9(13(8)10)17-4-7(14)15/h5-6H,2-4,10H2,1H3,(H,14,15). The van der Waals surface area contributed by atoms with Crippen LogP contribution in [-0.4, -0.2) is 44.4 Å². The molecular formula is C9H14N4O3S. The van der Waals surface area contributed by atoms with E-state index in [2.05, 4.69) is 10.2 Å². The first-order chi connectivity index (χ1) is 8.09. The van der Waals surface area contributed by atoms with Gasteiger partial charge in [-0.25, -0.2) is 4.68 Å². The van der Waals surface area contributed by atoms with Crippen molar-refractivity contribution in [3.05, 3.63) is 5.82 Å². The molecule has 0 spiro atoms. The molecule has 2 atom stereocenters. The molecule has 0 radical (unpaired) electrons. The van der Waals surface area contributed by atoms with Crippen molar-refractivity contribution < 1.29 is 14.6 Å². The summed E-state index contributed by atoms with van der Waals surface area (Å²) in [6.07, 6.45) is 0.930. The van der Waals surface area contributed by atoms with E-state index in [0.29, 0.717) is 17.6 Å². The van der Waals surface area contributed by atoms with Crippen LogP contribution in [-0.2, 0) is 9.53 Å². The highest BCUT2D eigenvalue weighted by Gasteiger charge is 2.30. The van der Waals surface area contributed by atoms with E-state index < -0.39 is 5.97 Å². The summed E-state index contributed by atoms with van der Waals surface area (Å²) in [6, 6.07) is 0. The number of nitrogens with two attached hydrogens (primary N) is 1. The molecule has 1 aliphatic rings. The van der Waals surface area contributed by atoms with Crippen LogP contribution in [0.15, 0.2) is 5.16 Å². The summed E-state index contributed by atoms with van der Waals surface area (Å²) >= 11 is 1.06. The van der Waals surface area contributed by atoms with Crippen LogP contribution in [0, 0.1) is 0 Å². The topological polar surface area (TPSA) is 103 Å². The van der Waals surface area contributed by atoms with Gasteiger partial charge in [0.25, 0.3) is 0 Å². The lowest BCUT2D eigenvalue weighted by Crippen LogP contribution is -2.20. The van der Waals surface area contributed by atoms with Gasteiger partial charge in [-0.05, 0) is 13.3 Å². The minimum absolute atomic E-state index is 0.0684. The molecule has 0 amide bonds. The Morgan fingerprint density at radius 1 is 1.71 bits per heavy atom. The number of hydrogen-bond acceptors (Lipinski definition) is 6. The van der Waals surface area contributed by atoms with Gasteiger partial charge in [0.15, 0.2) is 5.82 Å². The first-order valence-electron chi connectivity index (χ1n) is 5.26. The second-order valence-corrected chi connectivity index (χ2v) is 4.81. The van der Waals surface area contributed by atoms with Gasteiger partial charge in [-0.3, -0.25) is 4.79 Å². The Kier molecular flexibility index (Phi) is 3.53. The quantitative estimate of drug-likeness (QED) is 0.581. The molecule has 1 aromatic heterocycles. The van der Waals surface area contributed by atoms with Crippen molar-refractivity contribution in [2.45, 2.75) is 30.5 Å². The number of hydrogen-bond donors (Lipinski definition) is 2. The average Bonchev–Trinajstić information content (AvgIpc) is 2.82. The lowest BCUT2D eigenvalue weighted by Gasteiger charge is -2.12. The van der Waals surface area contributed by atoms with E-state index in [1.54, 1.807) is 0 Å². The highest BCUT2D eigenvalue weighted by Crippen LogP contribution is 2.30. The van der Waals surface area contributed by atoms with Gasteiger partial charge in [-0.2, -0.15) is 0 Å². The first-order valence-corrected chi connectivity index (χ1v) is 6.24. The Hall–Kier alpha value is -1.28. The summed E-state index contributed by atoms with van der Waals surface area (Å²) in [5.74, 6) is 5.66. The van der Waals surface area contributed by atoms with Gasteiger partial charge in [-0.1, -0.05) is 11.8 Å². The van der Waals surface area contributed by atoms with Gasteiger partial charge in [0.05, 0.1) is 11.9 Å². The number of carboxylic acid groups (broad SMARTS) is 1. The Balaban J connectivity index is 2.11. The number of thioether (sulfide) groups is 1. The van der Waals surface area contributed by atoms with Crippen molar-refractivity contribution in [2.75, 3.05) is 18.2 Å². The van der Waals surface area contributed by atoms with E-state index in [9.17, 15) is 4.79 Å². The molecule has 2 unspecified atom stereocenters. The lowest BCUT2D eigenvalue weighted by atomic mass is 10.0. The third-order valence-electron chi connectivity index (χ3n) is 2.72. The first kappa shape index (κ1) is 12.2. The number of carbonyl (C=O) groups is 1. The monoisotopic (exact) mass is 258 g/mol. The molecule has 1 saturated heterocycles. The van der Waals surface area contributed by atoms with Gasteiger partial charge in [-0.15, -0.1) is 10.2 Å². The molecule has 0 bridgehead atoms. The molecule has 1 aromatic rings. The van der Waals surface area contributed by atoms with Crippen LogP contribution >= 0.6 is 11.8 Å². The van der Waals surface area contributed by atoms with Crippen LogP contribution < -0.4 is 5.84 Å². The molecule has 1 fully saturated rings. The fourth-order valence-electron chi connectivity index (χ4n) is 1.84. The molecule has 0 aliphatic carbocycles. The zero-order valence-corrected chi connectivity index (χ0v) is 10.2. The van der Waals surface area contributed by atoms with Gasteiger partial charge in [0.2, 0.25) is 5.16 Å². The van der Waals surface area contributed by atoms with Gasteiger partial charge in [0, 0.05) is 12.5 Å². The van der Waals surface area contributed by atoms with Gasteiger partial charge in [0.1, 0.15) is 0 Å². The molecule has 8 heteroatoms. The average molecular weight is 258 g/mol. The van der Waals surface area contributed by atoms with E-state index in [1.165, 1.54) is 4.68 Å². The summed E-state index contributed by atoms with van der Waals surface area (Å²) in [7, 11) is 0. The molecule has 7 nitrogen and oxygen atoms in total. The van der Waals surface area contributed by atoms with E-state index >= 15 is 0 Å². The third-order valence-corrected chi connectivity index (χ3v) is 3.65. The lowest BCUT2D eigenvalue weighted by molar-refractivity contribution is -0.133. The summed E-state index contributed by atoms with van der Waals surface area (Å²) in [5, 5.41) is 16.9. The molecule has 94 valence electrons. The van der Waals surface area contributed by atoms with Crippen molar-refractivity contribution >= 4 is 17.7 Å². The number of carboxylic acids is 1. The summed E-state index contributed by atoms with van der Waals surface area (Å²) in [4.78, 5) is 10.5. The number of aromatic nitrogens is 3. The molecule has 0 aromatic carbocycles. The largest absolute Gasteiger partial charge is 0.481 e. The fourth-order valence-corrected chi connectivity index (χ4v) is 2.42. The van der Waals surface area contributed by atoms with Crippen molar-refractivity contribution in [1.29, 1.82) is 0 Å². The highest BCUT2D eigenvalue weighted by molar-refractivity contribution is 7.99. The van der Waals surface area contributed by atoms with Crippen LogP contribution in [0.25, 0.3) is 0 Å². The predicted molar refractivity (Wildman–Crippen MR) is 61.3 cm³/mol. The molecular weight excluding hydrogens is 244 g/mol. The Morgan fingerprint density at radius 2 is 2.47 bits per heavy atom. The third kappa shape index (κ3) is 2.52. The maximum atomic E-state index is 10.5. The number of nitrogen functional groups attached to an aromatic ring is 1. The molecule has 3 N–H and O–H groups in total. The van der Waals surface area contributed by atoms with E-state index in [4.69, 9.17) is 15.7 Å².